The molecule has 1 aromatic heterocycles. The van der Waals surface area contributed by atoms with E-state index in [4.69, 9.17) is 9.47 Å². The highest BCUT2D eigenvalue weighted by Crippen LogP contribution is 2.27. The lowest BCUT2D eigenvalue weighted by Crippen LogP contribution is -2.39. The molecule has 1 fully saturated rings. The number of hydrogen-bond donors (Lipinski definition) is 1. The second-order valence-electron chi connectivity index (χ2n) is 6.43. The van der Waals surface area contributed by atoms with Crippen LogP contribution >= 0.6 is 0 Å². The summed E-state index contributed by atoms with van der Waals surface area (Å²) >= 11 is 0. The monoisotopic (exact) mass is 343 g/mol. The molecule has 1 N–H and O–H groups in total. The summed E-state index contributed by atoms with van der Waals surface area (Å²) in [5, 5.41) is 7.36. The number of carbonyl (C=O) groups is 1. The van der Waals surface area contributed by atoms with E-state index in [0.717, 1.165) is 43.1 Å². The number of aromatic nitrogens is 2. The Labute approximate surface area is 148 Å². The Morgan fingerprint density at radius 1 is 1.32 bits per heavy atom. The highest BCUT2D eigenvalue weighted by Gasteiger charge is 2.26. The van der Waals surface area contributed by atoms with Crippen molar-refractivity contribution in [3.05, 3.63) is 47.3 Å². The number of nitrogens with one attached hydrogen (secondary N) is 1. The van der Waals surface area contributed by atoms with Gasteiger partial charge in [0.1, 0.15) is 12.4 Å². The number of likely N-dealkylation sites (tertiary alicyclic amines) is 1. The van der Waals surface area contributed by atoms with Crippen molar-refractivity contribution in [1.29, 1.82) is 0 Å². The van der Waals surface area contributed by atoms with Crippen molar-refractivity contribution in [1.82, 2.24) is 15.1 Å². The molecule has 25 heavy (non-hydrogen) atoms. The van der Waals surface area contributed by atoms with Crippen LogP contribution in [0.2, 0.25) is 0 Å². The van der Waals surface area contributed by atoms with E-state index in [1.165, 1.54) is 0 Å². The maximum absolute atomic E-state index is 12.8. The van der Waals surface area contributed by atoms with Gasteiger partial charge in [0.05, 0.1) is 12.3 Å². The van der Waals surface area contributed by atoms with E-state index in [2.05, 4.69) is 16.3 Å². The quantitative estimate of drug-likeness (QED) is 0.819. The fraction of sp³-hybridized carbons (Fsp3) is 0.474. The van der Waals surface area contributed by atoms with Gasteiger partial charge in [0.2, 0.25) is 0 Å². The summed E-state index contributed by atoms with van der Waals surface area (Å²) in [5.41, 5.74) is 2.80. The lowest BCUT2D eigenvalue weighted by Gasteiger charge is -2.32. The van der Waals surface area contributed by atoms with Crippen molar-refractivity contribution in [3.8, 4) is 5.75 Å². The maximum Gasteiger partial charge on any atom is 0.253 e. The third-order valence-electron chi connectivity index (χ3n) is 4.51. The van der Waals surface area contributed by atoms with Crippen LogP contribution in [0.1, 0.15) is 40.5 Å². The molecule has 6 nitrogen and oxygen atoms in total. The van der Waals surface area contributed by atoms with Crippen LogP contribution in [0.25, 0.3) is 0 Å². The molecule has 1 aliphatic heterocycles. The van der Waals surface area contributed by atoms with Crippen LogP contribution in [-0.4, -0.2) is 54.4 Å². The Morgan fingerprint density at radius 3 is 2.80 bits per heavy atom. The molecule has 134 valence electrons. The van der Waals surface area contributed by atoms with Crippen molar-refractivity contribution < 1.29 is 14.3 Å². The van der Waals surface area contributed by atoms with Gasteiger partial charge in [-0.1, -0.05) is 0 Å². The molecular weight excluding hydrogens is 318 g/mol. The topological polar surface area (TPSA) is 67.5 Å². The van der Waals surface area contributed by atoms with Gasteiger partial charge in [0.25, 0.3) is 5.91 Å². The summed E-state index contributed by atoms with van der Waals surface area (Å²) in [6, 6.07) is 9.40. The summed E-state index contributed by atoms with van der Waals surface area (Å²) in [6.45, 7) is 4.56. The molecule has 1 aromatic carbocycles. The number of benzene rings is 1. The minimum Gasteiger partial charge on any atom is -0.491 e. The normalized spacial score (nSPS) is 17.5. The zero-order valence-corrected chi connectivity index (χ0v) is 14.8. The van der Waals surface area contributed by atoms with Crippen LogP contribution in [0.15, 0.2) is 30.3 Å². The van der Waals surface area contributed by atoms with Gasteiger partial charge in [-0.3, -0.25) is 9.89 Å². The molecule has 1 aliphatic rings. The van der Waals surface area contributed by atoms with Crippen LogP contribution < -0.4 is 4.74 Å². The van der Waals surface area contributed by atoms with Gasteiger partial charge in [0.15, 0.2) is 0 Å². The van der Waals surface area contributed by atoms with Crippen molar-refractivity contribution in [2.24, 2.45) is 0 Å². The molecule has 0 saturated carbocycles. The SMILES string of the molecule is COCCOc1ccc(C(=O)N2CCC[C@H](c3cc(C)[nH]n3)C2)cc1. The van der Waals surface area contributed by atoms with Gasteiger partial charge in [-0.05, 0) is 50.1 Å². The summed E-state index contributed by atoms with van der Waals surface area (Å²) < 4.78 is 10.5. The Hall–Kier alpha value is -2.34. The number of amides is 1. The molecule has 2 aromatic rings. The van der Waals surface area contributed by atoms with Gasteiger partial charge in [-0.15, -0.1) is 0 Å². The molecular formula is C19H25N3O3. The number of aryl methyl sites for hydroxylation is 1. The number of carbonyl (C=O) groups excluding carboxylic acids is 1. The Bertz CT molecular complexity index is 696. The maximum atomic E-state index is 12.8. The molecule has 3 rings (SSSR count). The van der Waals surface area contributed by atoms with Crippen LogP contribution in [-0.2, 0) is 4.74 Å². The number of H-pyrrole nitrogens is 1. The minimum absolute atomic E-state index is 0.0698. The van der Waals surface area contributed by atoms with Crippen LogP contribution in [0.3, 0.4) is 0 Å². The number of rotatable bonds is 6. The molecule has 0 spiro atoms. The molecule has 1 saturated heterocycles. The molecule has 0 unspecified atom stereocenters. The van der Waals surface area contributed by atoms with E-state index in [1.807, 2.05) is 36.1 Å². The molecule has 1 amide bonds. The number of nitrogens with zero attached hydrogens (tertiary/aromatic N) is 2. The van der Waals surface area contributed by atoms with E-state index in [1.54, 1.807) is 7.11 Å². The molecule has 0 radical (unpaired) electrons. The fourth-order valence-electron chi connectivity index (χ4n) is 3.17. The highest BCUT2D eigenvalue weighted by atomic mass is 16.5. The zero-order valence-electron chi connectivity index (χ0n) is 14.8. The predicted molar refractivity (Wildman–Crippen MR) is 95.0 cm³/mol. The average Bonchev–Trinajstić information content (AvgIpc) is 3.08. The first-order valence-electron chi connectivity index (χ1n) is 8.70. The average molecular weight is 343 g/mol. The molecule has 0 aliphatic carbocycles. The number of piperidine rings is 1. The van der Waals surface area contributed by atoms with Gasteiger partial charge in [-0.2, -0.15) is 5.10 Å². The molecule has 1 atom stereocenters. The second kappa shape index (κ2) is 8.16. The number of aromatic amines is 1. The zero-order chi connectivity index (χ0) is 17.6. The van der Waals surface area contributed by atoms with Gasteiger partial charge in [0, 0.05) is 37.4 Å². The second-order valence-corrected chi connectivity index (χ2v) is 6.43. The number of ether oxygens (including phenoxy) is 2. The smallest absolute Gasteiger partial charge is 0.253 e. The van der Waals surface area contributed by atoms with E-state index in [-0.39, 0.29) is 5.91 Å². The number of methoxy groups -OCH3 is 1. The van der Waals surface area contributed by atoms with E-state index < -0.39 is 0 Å². The number of hydrogen-bond acceptors (Lipinski definition) is 4. The lowest BCUT2D eigenvalue weighted by atomic mass is 9.94. The summed E-state index contributed by atoms with van der Waals surface area (Å²) in [4.78, 5) is 14.7. The van der Waals surface area contributed by atoms with Gasteiger partial charge in [-0.25, -0.2) is 0 Å². The Morgan fingerprint density at radius 2 is 2.12 bits per heavy atom. The molecule has 2 heterocycles. The minimum atomic E-state index is 0.0698. The predicted octanol–water partition coefficient (Wildman–Crippen LogP) is 2.76. The van der Waals surface area contributed by atoms with Crippen LogP contribution in [0, 0.1) is 6.92 Å². The lowest BCUT2D eigenvalue weighted by molar-refractivity contribution is 0.0706. The van der Waals surface area contributed by atoms with Crippen LogP contribution in [0.5, 0.6) is 5.75 Å². The van der Waals surface area contributed by atoms with E-state index >= 15 is 0 Å². The molecule has 0 bridgehead atoms. The summed E-state index contributed by atoms with van der Waals surface area (Å²) in [5.74, 6) is 1.12. The first kappa shape index (κ1) is 17.5. The Kier molecular flexibility index (Phi) is 5.71. The van der Waals surface area contributed by atoms with Crippen LogP contribution in [0.4, 0.5) is 0 Å². The third-order valence-corrected chi connectivity index (χ3v) is 4.51. The van der Waals surface area contributed by atoms with E-state index in [9.17, 15) is 4.79 Å². The van der Waals surface area contributed by atoms with Gasteiger partial charge < -0.3 is 14.4 Å². The first-order valence-corrected chi connectivity index (χ1v) is 8.70. The van der Waals surface area contributed by atoms with Crippen molar-refractivity contribution in [2.45, 2.75) is 25.7 Å². The first-order chi connectivity index (χ1) is 12.2. The summed E-state index contributed by atoms with van der Waals surface area (Å²) in [6.07, 6.45) is 2.07. The molecule has 6 heteroatoms. The van der Waals surface area contributed by atoms with Crippen molar-refractivity contribution in [3.63, 3.8) is 0 Å². The fourth-order valence-corrected chi connectivity index (χ4v) is 3.17. The third kappa shape index (κ3) is 4.39. The standard InChI is InChI=1S/C19H25N3O3/c1-14-12-18(21-20-14)16-4-3-9-22(13-16)19(23)15-5-7-17(8-6-15)25-11-10-24-2/h5-8,12,16H,3-4,9-11,13H2,1-2H3,(H,20,21)/t16-/m0/s1. The highest BCUT2D eigenvalue weighted by molar-refractivity contribution is 5.94. The van der Waals surface area contributed by atoms with Gasteiger partial charge >= 0.3 is 0 Å². The van der Waals surface area contributed by atoms with E-state index in [0.29, 0.717) is 24.7 Å². The van der Waals surface area contributed by atoms with Crippen molar-refractivity contribution in [2.75, 3.05) is 33.4 Å². The largest absolute Gasteiger partial charge is 0.491 e. The Balaban J connectivity index is 1.61. The summed E-state index contributed by atoms with van der Waals surface area (Å²) in [7, 11) is 1.64. The van der Waals surface area contributed by atoms with Crippen molar-refractivity contribution >= 4 is 5.91 Å².